The van der Waals surface area contributed by atoms with Gasteiger partial charge in [-0.2, -0.15) is 0 Å². The van der Waals surface area contributed by atoms with Crippen molar-refractivity contribution in [1.29, 1.82) is 0 Å². The normalized spacial score (nSPS) is 18.5. The summed E-state index contributed by atoms with van der Waals surface area (Å²) in [7, 11) is 0. The Kier molecular flexibility index (Phi) is 5.04. The van der Waals surface area contributed by atoms with Crippen LogP contribution in [0.5, 0.6) is 0 Å². The minimum atomic E-state index is -0.243. The van der Waals surface area contributed by atoms with Crippen molar-refractivity contribution in [2.45, 2.75) is 41.5 Å². The van der Waals surface area contributed by atoms with Crippen LogP contribution in [0.1, 0.15) is 35.6 Å². The number of hydrogen-bond acceptors (Lipinski definition) is 3. The molecule has 2 aromatic carbocycles. The van der Waals surface area contributed by atoms with Crippen molar-refractivity contribution < 1.29 is 9.18 Å². The third kappa shape index (κ3) is 3.87. The molecule has 0 spiro atoms. The molecule has 2 nitrogen and oxygen atoms in total. The number of fused-ring (bicyclic) bond motifs is 2. The van der Waals surface area contributed by atoms with Crippen LogP contribution in [-0.2, 0) is 17.6 Å². The lowest BCUT2D eigenvalue weighted by Gasteiger charge is -2.26. The fraction of sp³-hybridized carbons (Fsp3) is 0.350. The van der Waals surface area contributed by atoms with Crippen molar-refractivity contribution in [2.75, 3.05) is 11.5 Å². The second kappa shape index (κ2) is 7.42. The number of hydrogen-bond donors (Lipinski definition) is 1. The third-order valence-corrected chi connectivity index (χ3v) is 6.90. The van der Waals surface area contributed by atoms with Gasteiger partial charge in [0.2, 0.25) is 5.91 Å². The number of amides is 1. The molecule has 1 N–H and O–H groups in total. The largest absolute Gasteiger partial charge is 0.348 e. The third-order valence-electron chi connectivity index (χ3n) is 4.79. The van der Waals surface area contributed by atoms with Crippen LogP contribution < -0.4 is 5.32 Å². The van der Waals surface area contributed by atoms with Gasteiger partial charge in [0.15, 0.2) is 0 Å². The Hall–Kier alpha value is -1.46. The van der Waals surface area contributed by atoms with Crippen LogP contribution in [0, 0.1) is 5.82 Å². The van der Waals surface area contributed by atoms with Gasteiger partial charge >= 0.3 is 0 Å². The Morgan fingerprint density at radius 2 is 2.08 bits per heavy atom. The fourth-order valence-electron chi connectivity index (χ4n) is 3.54. The number of nitrogens with one attached hydrogen (secondary N) is 1. The molecule has 1 atom stereocenters. The smallest absolute Gasteiger partial charge is 0.230 e. The highest BCUT2D eigenvalue weighted by Crippen LogP contribution is 2.36. The maximum atomic E-state index is 13.6. The average molecular weight is 374 g/mol. The van der Waals surface area contributed by atoms with E-state index in [-0.39, 0.29) is 17.8 Å². The zero-order valence-corrected chi connectivity index (χ0v) is 15.5. The highest BCUT2D eigenvalue weighted by atomic mass is 32.2. The molecule has 2 aliphatic rings. The van der Waals surface area contributed by atoms with Gasteiger partial charge in [0.05, 0.1) is 11.8 Å². The van der Waals surface area contributed by atoms with Gasteiger partial charge in [0.25, 0.3) is 0 Å². The summed E-state index contributed by atoms with van der Waals surface area (Å²) in [5, 5.41) is 3.09. The Morgan fingerprint density at radius 3 is 3.00 bits per heavy atom. The van der Waals surface area contributed by atoms with Gasteiger partial charge in [0, 0.05) is 15.5 Å². The van der Waals surface area contributed by atoms with E-state index in [0.717, 1.165) is 33.9 Å². The predicted octanol–water partition coefficient (Wildman–Crippen LogP) is 4.76. The Morgan fingerprint density at radius 1 is 1.20 bits per heavy atom. The van der Waals surface area contributed by atoms with Gasteiger partial charge < -0.3 is 5.32 Å². The number of aryl methyl sites for hydroxylation is 2. The van der Waals surface area contributed by atoms with Crippen LogP contribution in [0.3, 0.4) is 0 Å². The first-order valence-corrected chi connectivity index (χ1v) is 10.6. The molecule has 2 aromatic rings. The van der Waals surface area contributed by atoms with Gasteiger partial charge in [-0.3, -0.25) is 4.79 Å². The maximum absolute atomic E-state index is 13.6. The van der Waals surface area contributed by atoms with Crippen LogP contribution in [0.2, 0.25) is 0 Å². The molecule has 0 bridgehead atoms. The first-order valence-electron chi connectivity index (χ1n) is 8.65. The highest BCUT2D eigenvalue weighted by molar-refractivity contribution is 8.00. The molecule has 0 saturated heterocycles. The molecule has 0 radical (unpaired) electrons. The van der Waals surface area contributed by atoms with Crippen molar-refractivity contribution in [3.63, 3.8) is 0 Å². The molecular formula is C20H20FNOS2. The van der Waals surface area contributed by atoms with E-state index >= 15 is 0 Å². The number of rotatable bonds is 4. The van der Waals surface area contributed by atoms with Gasteiger partial charge in [-0.1, -0.05) is 6.07 Å². The predicted molar refractivity (Wildman–Crippen MR) is 102 cm³/mol. The van der Waals surface area contributed by atoms with Crippen molar-refractivity contribution in [3.05, 3.63) is 58.9 Å². The molecule has 0 saturated carbocycles. The van der Waals surface area contributed by atoms with E-state index < -0.39 is 0 Å². The van der Waals surface area contributed by atoms with Crippen LogP contribution in [0.15, 0.2) is 46.2 Å². The molecule has 0 aromatic heterocycles. The minimum Gasteiger partial charge on any atom is -0.348 e. The van der Waals surface area contributed by atoms with Crippen molar-refractivity contribution in [2.24, 2.45) is 0 Å². The molecule has 4 rings (SSSR count). The van der Waals surface area contributed by atoms with Gasteiger partial charge in [-0.05, 0) is 72.7 Å². The molecule has 0 fully saturated rings. The van der Waals surface area contributed by atoms with Crippen molar-refractivity contribution in [3.8, 4) is 0 Å². The average Bonchev–Trinajstić information content (AvgIpc) is 3.08. The van der Waals surface area contributed by atoms with Crippen LogP contribution >= 0.6 is 23.5 Å². The topological polar surface area (TPSA) is 29.1 Å². The van der Waals surface area contributed by atoms with E-state index in [9.17, 15) is 9.18 Å². The minimum absolute atomic E-state index is 0.0117. The van der Waals surface area contributed by atoms with Crippen molar-refractivity contribution in [1.82, 2.24) is 5.32 Å². The second-order valence-electron chi connectivity index (χ2n) is 6.51. The number of carbonyl (C=O) groups is 1. The zero-order valence-electron chi connectivity index (χ0n) is 13.9. The summed E-state index contributed by atoms with van der Waals surface area (Å²) in [5.74, 6) is 1.11. The summed E-state index contributed by atoms with van der Waals surface area (Å²) >= 11 is 3.30. The van der Waals surface area contributed by atoms with Crippen molar-refractivity contribution >= 4 is 29.4 Å². The fourth-order valence-corrected chi connectivity index (χ4v) is 5.41. The first kappa shape index (κ1) is 17.0. The lowest BCUT2D eigenvalue weighted by molar-refractivity contribution is -0.119. The quantitative estimate of drug-likeness (QED) is 0.784. The molecule has 130 valence electrons. The summed E-state index contributed by atoms with van der Waals surface area (Å²) in [6.45, 7) is 0. The highest BCUT2D eigenvalue weighted by Gasteiger charge is 2.23. The summed E-state index contributed by atoms with van der Waals surface area (Å²) in [5.41, 5.74) is 3.79. The summed E-state index contributed by atoms with van der Waals surface area (Å²) in [6.07, 6.45) is 4.41. The van der Waals surface area contributed by atoms with E-state index in [1.165, 1.54) is 30.0 Å². The SMILES string of the molecule is O=C(CSc1ccc2c(c1)CCC2)NC1CCSc2ccc(F)cc21. The van der Waals surface area contributed by atoms with E-state index in [2.05, 4.69) is 23.5 Å². The van der Waals surface area contributed by atoms with Crippen LogP contribution in [-0.4, -0.2) is 17.4 Å². The number of carbonyl (C=O) groups excluding carboxylic acids is 1. The Balaban J connectivity index is 1.38. The standard InChI is InChI=1S/C20H20FNOS2/c21-15-5-7-19-17(11-15)18(8-9-24-19)22-20(23)12-25-16-6-4-13-2-1-3-14(13)10-16/h4-7,10-11,18H,1-3,8-9,12H2,(H,22,23). The summed E-state index contributed by atoms with van der Waals surface area (Å²) in [4.78, 5) is 14.6. The summed E-state index contributed by atoms with van der Waals surface area (Å²) < 4.78 is 13.6. The first-order chi connectivity index (χ1) is 12.2. The Labute approximate surface area is 156 Å². The lowest BCUT2D eigenvalue weighted by atomic mass is 10.0. The molecule has 1 unspecified atom stereocenters. The van der Waals surface area contributed by atoms with E-state index in [4.69, 9.17) is 0 Å². The van der Waals surface area contributed by atoms with Crippen LogP contribution in [0.4, 0.5) is 4.39 Å². The van der Waals surface area contributed by atoms with Gasteiger partial charge in [0.1, 0.15) is 5.82 Å². The monoisotopic (exact) mass is 373 g/mol. The number of benzene rings is 2. The van der Waals surface area contributed by atoms with Gasteiger partial charge in [-0.15, -0.1) is 23.5 Å². The molecule has 1 amide bonds. The number of halogens is 1. The van der Waals surface area contributed by atoms with E-state index in [1.807, 2.05) is 6.07 Å². The second-order valence-corrected chi connectivity index (χ2v) is 8.70. The maximum Gasteiger partial charge on any atom is 0.230 e. The molecular weight excluding hydrogens is 353 g/mol. The Bertz CT molecular complexity index is 808. The molecule has 1 aliphatic heterocycles. The van der Waals surface area contributed by atoms with E-state index in [0.29, 0.717) is 5.75 Å². The molecule has 1 aliphatic carbocycles. The molecule has 5 heteroatoms. The molecule has 1 heterocycles. The van der Waals surface area contributed by atoms with E-state index in [1.54, 1.807) is 29.6 Å². The lowest BCUT2D eigenvalue weighted by Crippen LogP contribution is -2.32. The summed E-state index contributed by atoms with van der Waals surface area (Å²) in [6, 6.07) is 11.3. The van der Waals surface area contributed by atoms with Gasteiger partial charge in [-0.25, -0.2) is 4.39 Å². The zero-order chi connectivity index (χ0) is 17.2. The van der Waals surface area contributed by atoms with Crippen LogP contribution in [0.25, 0.3) is 0 Å². The number of thioether (sulfide) groups is 2. The molecule has 25 heavy (non-hydrogen) atoms.